The molecule has 0 atom stereocenters. The lowest BCUT2D eigenvalue weighted by atomic mass is 10.2. The Balaban J connectivity index is 2.55. The van der Waals surface area contributed by atoms with Crippen LogP contribution < -0.4 is 14.8 Å². The van der Waals surface area contributed by atoms with Crippen LogP contribution in [0.4, 0.5) is 0 Å². The summed E-state index contributed by atoms with van der Waals surface area (Å²) in [5.41, 5.74) is 1.12. The van der Waals surface area contributed by atoms with Gasteiger partial charge in [0.25, 0.3) is 0 Å². The maximum absolute atomic E-state index is 5.71. The lowest BCUT2D eigenvalue weighted by molar-refractivity contribution is 0.0538. The Morgan fingerprint density at radius 3 is 2.50 bits per heavy atom. The van der Waals surface area contributed by atoms with Gasteiger partial charge in [-0.3, -0.25) is 0 Å². The van der Waals surface area contributed by atoms with Gasteiger partial charge < -0.3 is 24.3 Å². The molecule has 0 saturated carbocycles. The molecule has 0 aliphatic carbocycles. The fourth-order valence-corrected chi connectivity index (χ4v) is 2.27. The van der Waals surface area contributed by atoms with Crippen molar-refractivity contribution in [2.24, 2.45) is 0 Å². The molecule has 114 valence electrons. The quantitative estimate of drug-likeness (QED) is 0.657. The second-order valence-electron chi connectivity index (χ2n) is 4.09. The summed E-state index contributed by atoms with van der Waals surface area (Å²) in [5.74, 6) is 1.41. The molecule has 20 heavy (non-hydrogen) atoms. The van der Waals surface area contributed by atoms with E-state index in [0.717, 1.165) is 16.6 Å². The molecular weight excluding hydrogens is 326 g/mol. The molecular formula is C14H22BrNO4. The Kier molecular flexibility index (Phi) is 8.60. The van der Waals surface area contributed by atoms with Crippen molar-refractivity contribution in [2.45, 2.75) is 6.54 Å². The Bertz CT molecular complexity index is 401. The van der Waals surface area contributed by atoms with Crippen molar-refractivity contribution in [1.82, 2.24) is 5.32 Å². The Hall–Kier alpha value is -0.820. The summed E-state index contributed by atoms with van der Waals surface area (Å²) in [5, 5.41) is 3.10. The third-order valence-electron chi connectivity index (χ3n) is 2.58. The van der Waals surface area contributed by atoms with E-state index < -0.39 is 0 Å². The van der Waals surface area contributed by atoms with Gasteiger partial charge in [0.15, 0.2) is 11.5 Å². The summed E-state index contributed by atoms with van der Waals surface area (Å²) in [6.45, 7) is 2.90. The smallest absolute Gasteiger partial charge is 0.175 e. The van der Waals surface area contributed by atoms with Gasteiger partial charge in [-0.25, -0.2) is 0 Å². The Morgan fingerprint density at radius 2 is 1.85 bits per heavy atom. The lowest BCUT2D eigenvalue weighted by Crippen LogP contribution is -2.11. The highest BCUT2D eigenvalue weighted by molar-refractivity contribution is 9.10. The Morgan fingerprint density at radius 1 is 1.10 bits per heavy atom. The summed E-state index contributed by atoms with van der Waals surface area (Å²) in [6, 6.07) is 3.97. The molecule has 0 aliphatic heterocycles. The topological polar surface area (TPSA) is 49.0 Å². The first-order chi connectivity index (χ1) is 9.72. The third-order valence-corrected chi connectivity index (χ3v) is 3.17. The van der Waals surface area contributed by atoms with Crippen molar-refractivity contribution in [3.63, 3.8) is 0 Å². The van der Waals surface area contributed by atoms with Crippen LogP contribution in [0.25, 0.3) is 0 Å². The summed E-state index contributed by atoms with van der Waals surface area (Å²) >= 11 is 3.51. The number of hydrogen-bond donors (Lipinski definition) is 1. The molecule has 1 rings (SSSR count). The molecule has 0 heterocycles. The number of nitrogens with one attached hydrogen (secondary N) is 1. The van der Waals surface area contributed by atoms with E-state index in [0.29, 0.717) is 37.9 Å². The van der Waals surface area contributed by atoms with Crippen LogP contribution in [0.5, 0.6) is 11.5 Å². The maximum Gasteiger partial charge on any atom is 0.175 e. The Labute approximate surface area is 128 Å². The van der Waals surface area contributed by atoms with Gasteiger partial charge in [-0.05, 0) is 40.7 Å². The highest BCUT2D eigenvalue weighted by Crippen LogP contribution is 2.36. The van der Waals surface area contributed by atoms with Crippen LogP contribution in [-0.2, 0) is 16.0 Å². The first-order valence-corrected chi connectivity index (χ1v) is 7.22. The molecule has 0 unspecified atom stereocenters. The molecule has 0 aromatic heterocycles. The van der Waals surface area contributed by atoms with Crippen LogP contribution in [0.1, 0.15) is 5.56 Å². The van der Waals surface area contributed by atoms with Gasteiger partial charge >= 0.3 is 0 Å². The van der Waals surface area contributed by atoms with Crippen molar-refractivity contribution < 1.29 is 18.9 Å². The lowest BCUT2D eigenvalue weighted by Gasteiger charge is -2.14. The van der Waals surface area contributed by atoms with E-state index in [1.807, 2.05) is 19.2 Å². The standard InChI is InChI=1S/C14H22BrNO4/c1-16-10-11-8-12(15)14(13(9-11)18-3)20-7-6-19-5-4-17-2/h8-9,16H,4-7,10H2,1-3H3. The monoisotopic (exact) mass is 347 g/mol. The van der Waals surface area contributed by atoms with Crippen LogP contribution in [-0.4, -0.2) is 47.7 Å². The number of halogens is 1. The SMILES string of the molecule is CNCc1cc(Br)c(OCCOCCOC)c(OC)c1. The predicted molar refractivity (Wildman–Crippen MR) is 81.6 cm³/mol. The normalized spacial score (nSPS) is 10.6. The fraction of sp³-hybridized carbons (Fsp3) is 0.571. The molecule has 5 nitrogen and oxygen atoms in total. The number of benzene rings is 1. The molecule has 1 aromatic carbocycles. The number of rotatable bonds is 10. The van der Waals surface area contributed by atoms with E-state index in [1.165, 1.54) is 0 Å². The fourth-order valence-electron chi connectivity index (χ4n) is 1.67. The molecule has 6 heteroatoms. The van der Waals surface area contributed by atoms with E-state index in [2.05, 4.69) is 21.2 Å². The van der Waals surface area contributed by atoms with Gasteiger partial charge in [-0.2, -0.15) is 0 Å². The van der Waals surface area contributed by atoms with E-state index in [-0.39, 0.29) is 0 Å². The molecule has 0 bridgehead atoms. The van der Waals surface area contributed by atoms with E-state index in [9.17, 15) is 0 Å². The van der Waals surface area contributed by atoms with Crippen LogP contribution in [0.2, 0.25) is 0 Å². The average Bonchev–Trinajstić information content (AvgIpc) is 2.44. The number of hydrogen-bond acceptors (Lipinski definition) is 5. The largest absolute Gasteiger partial charge is 0.493 e. The van der Waals surface area contributed by atoms with E-state index >= 15 is 0 Å². The summed E-state index contributed by atoms with van der Waals surface area (Å²) < 4.78 is 22.2. The van der Waals surface area contributed by atoms with Gasteiger partial charge in [-0.15, -0.1) is 0 Å². The molecule has 1 aromatic rings. The summed E-state index contributed by atoms with van der Waals surface area (Å²) in [4.78, 5) is 0. The van der Waals surface area contributed by atoms with E-state index in [4.69, 9.17) is 18.9 Å². The van der Waals surface area contributed by atoms with Gasteiger partial charge in [0.05, 0.1) is 31.4 Å². The van der Waals surface area contributed by atoms with E-state index in [1.54, 1.807) is 14.2 Å². The molecule has 0 saturated heterocycles. The van der Waals surface area contributed by atoms with Crippen LogP contribution in [0.3, 0.4) is 0 Å². The molecule has 0 fully saturated rings. The first kappa shape index (κ1) is 17.2. The molecule has 1 N–H and O–H groups in total. The second kappa shape index (κ2) is 9.99. The number of methoxy groups -OCH3 is 2. The van der Waals surface area contributed by atoms with Crippen molar-refractivity contribution >= 4 is 15.9 Å². The predicted octanol–water partition coefficient (Wildman–Crippen LogP) is 2.22. The van der Waals surface area contributed by atoms with Gasteiger partial charge in [0, 0.05) is 13.7 Å². The second-order valence-corrected chi connectivity index (χ2v) is 4.95. The minimum Gasteiger partial charge on any atom is -0.493 e. The zero-order valence-electron chi connectivity index (χ0n) is 12.2. The minimum atomic E-state index is 0.462. The van der Waals surface area contributed by atoms with Gasteiger partial charge in [0.1, 0.15) is 6.61 Å². The van der Waals surface area contributed by atoms with Crippen LogP contribution >= 0.6 is 15.9 Å². The van der Waals surface area contributed by atoms with Crippen molar-refractivity contribution in [3.05, 3.63) is 22.2 Å². The highest BCUT2D eigenvalue weighted by Gasteiger charge is 2.11. The molecule has 0 spiro atoms. The minimum absolute atomic E-state index is 0.462. The van der Waals surface area contributed by atoms with Crippen molar-refractivity contribution in [3.8, 4) is 11.5 Å². The summed E-state index contributed by atoms with van der Waals surface area (Å²) in [6.07, 6.45) is 0. The molecule has 0 amide bonds. The zero-order valence-corrected chi connectivity index (χ0v) is 13.8. The first-order valence-electron chi connectivity index (χ1n) is 6.43. The summed E-state index contributed by atoms with van der Waals surface area (Å²) in [7, 11) is 5.18. The van der Waals surface area contributed by atoms with Crippen molar-refractivity contribution in [2.75, 3.05) is 47.7 Å². The van der Waals surface area contributed by atoms with Crippen LogP contribution in [0.15, 0.2) is 16.6 Å². The molecule has 0 radical (unpaired) electrons. The van der Waals surface area contributed by atoms with Crippen LogP contribution in [0, 0.1) is 0 Å². The maximum atomic E-state index is 5.71. The average molecular weight is 348 g/mol. The highest BCUT2D eigenvalue weighted by atomic mass is 79.9. The zero-order chi connectivity index (χ0) is 14.8. The third kappa shape index (κ3) is 5.66. The molecule has 0 aliphatic rings. The van der Waals surface area contributed by atoms with Crippen molar-refractivity contribution in [1.29, 1.82) is 0 Å². The van der Waals surface area contributed by atoms with Gasteiger partial charge in [-0.1, -0.05) is 0 Å². The number of ether oxygens (including phenoxy) is 4. The van der Waals surface area contributed by atoms with Gasteiger partial charge in [0.2, 0.25) is 0 Å².